The van der Waals surface area contributed by atoms with Crippen molar-refractivity contribution in [2.75, 3.05) is 19.8 Å². The SMILES string of the molecule is Oc1ccccc1OCCCCCCCCCCCOC1CCCCO1. The molecule has 0 aromatic heterocycles. The van der Waals surface area contributed by atoms with Gasteiger partial charge in [0.2, 0.25) is 0 Å². The number of hydrogen-bond acceptors (Lipinski definition) is 4. The van der Waals surface area contributed by atoms with Gasteiger partial charge in [0.25, 0.3) is 0 Å². The van der Waals surface area contributed by atoms with Crippen LogP contribution in [0.15, 0.2) is 24.3 Å². The lowest BCUT2D eigenvalue weighted by atomic mass is 10.1. The van der Waals surface area contributed by atoms with Crippen LogP contribution in [0.2, 0.25) is 0 Å². The number of para-hydroxylation sites is 2. The van der Waals surface area contributed by atoms with Gasteiger partial charge in [-0.1, -0.05) is 57.1 Å². The van der Waals surface area contributed by atoms with Crippen LogP contribution in [0.4, 0.5) is 0 Å². The maximum absolute atomic E-state index is 9.61. The molecule has 4 nitrogen and oxygen atoms in total. The number of hydrogen-bond donors (Lipinski definition) is 1. The smallest absolute Gasteiger partial charge is 0.160 e. The Hall–Kier alpha value is -1.26. The number of aromatic hydroxyl groups is 1. The molecule has 0 aliphatic carbocycles. The molecule has 1 unspecified atom stereocenters. The Kier molecular flexibility index (Phi) is 11.2. The predicted octanol–water partition coefficient (Wildman–Crippen LogP) is 5.83. The van der Waals surface area contributed by atoms with Gasteiger partial charge in [-0.25, -0.2) is 0 Å². The molecule has 1 N–H and O–H groups in total. The van der Waals surface area contributed by atoms with E-state index in [-0.39, 0.29) is 12.0 Å². The summed E-state index contributed by atoms with van der Waals surface area (Å²) in [5, 5.41) is 9.61. The van der Waals surface area contributed by atoms with Gasteiger partial charge in [-0.2, -0.15) is 0 Å². The van der Waals surface area contributed by atoms with E-state index in [1.54, 1.807) is 12.1 Å². The minimum atomic E-state index is 0.0681. The molecule has 0 spiro atoms. The highest BCUT2D eigenvalue weighted by Gasteiger charge is 2.13. The van der Waals surface area contributed by atoms with Gasteiger partial charge < -0.3 is 19.3 Å². The maximum atomic E-state index is 9.61. The molecule has 1 saturated heterocycles. The predicted molar refractivity (Wildman–Crippen MR) is 105 cm³/mol. The van der Waals surface area contributed by atoms with Crippen molar-refractivity contribution in [1.82, 2.24) is 0 Å². The zero-order chi connectivity index (χ0) is 18.3. The molecule has 148 valence electrons. The van der Waals surface area contributed by atoms with Crippen molar-refractivity contribution in [1.29, 1.82) is 0 Å². The molecule has 1 aliphatic rings. The summed E-state index contributed by atoms with van der Waals surface area (Å²) in [7, 11) is 0. The topological polar surface area (TPSA) is 47.9 Å². The number of rotatable bonds is 14. The Morgan fingerprint density at radius 3 is 2.15 bits per heavy atom. The zero-order valence-corrected chi connectivity index (χ0v) is 16.2. The maximum Gasteiger partial charge on any atom is 0.160 e. The molecule has 1 heterocycles. The summed E-state index contributed by atoms with van der Waals surface area (Å²) in [6.07, 6.45) is 14.8. The summed E-state index contributed by atoms with van der Waals surface area (Å²) in [6, 6.07) is 7.15. The highest BCUT2D eigenvalue weighted by Crippen LogP contribution is 2.24. The molecule has 26 heavy (non-hydrogen) atoms. The van der Waals surface area contributed by atoms with Crippen LogP contribution in [-0.2, 0) is 9.47 Å². The van der Waals surface area contributed by atoms with Crippen molar-refractivity contribution >= 4 is 0 Å². The van der Waals surface area contributed by atoms with Crippen LogP contribution in [0.5, 0.6) is 11.5 Å². The van der Waals surface area contributed by atoms with Gasteiger partial charge in [-0.3, -0.25) is 0 Å². The van der Waals surface area contributed by atoms with E-state index in [4.69, 9.17) is 14.2 Å². The lowest BCUT2D eigenvalue weighted by Gasteiger charge is -2.22. The Morgan fingerprint density at radius 1 is 0.846 bits per heavy atom. The van der Waals surface area contributed by atoms with Crippen molar-refractivity contribution in [2.45, 2.75) is 83.3 Å². The van der Waals surface area contributed by atoms with Gasteiger partial charge in [0.05, 0.1) is 6.61 Å². The number of phenolic OH excluding ortho intramolecular Hbond substituents is 1. The third-order valence-electron chi connectivity index (χ3n) is 4.85. The average Bonchev–Trinajstić information content (AvgIpc) is 2.67. The fourth-order valence-corrected chi connectivity index (χ4v) is 3.26. The molecule has 1 aliphatic heterocycles. The van der Waals surface area contributed by atoms with Crippen molar-refractivity contribution in [2.24, 2.45) is 0 Å². The van der Waals surface area contributed by atoms with E-state index >= 15 is 0 Å². The van der Waals surface area contributed by atoms with E-state index in [0.29, 0.717) is 12.4 Å². The minimum Gasteiger partial charge on any atom is -0.504 e. The molecular formula is C22H36O4. The minimum absolute atomic E-state index is 0.0681. The summed E-state index contributed by atoms with van der Waals surface area (Å²) < 4.78 is 16.9. The van der Waals surface area contributed by atoms with Gasteiger partial charge in [0.15, 0.2) is 17.8 Å². The summed E-state index contributed by atoms with van der Waals surface area (Å²) >= 11 is 0. The molecule has 1 atom stereocenters. The molecular weight excluding hydrogens is 328 g/mol. The van der Waals surface area contributed by atoms with Crippen LogP contribution in [-0.4, -0.2) is 31.2 Å². The lowest BCUT2D eigenvalue weighted by molar-refractivity contribution is -0.162. The largest absolute Gasteiger partial charge is 0.504 e. The Morgan fingerprint density at radius 2 is 1.50 bits per heavy atom. The van der Waals surface area contributed by atoms with Crippen LogP contribution in [0.3, 0.4) is 0 Å². The zero-order valence-electron chi connectivity index (χ0n) is 16.2. The number of phenols is 1. The molecule has 2 rings (SSSR count). The molecule has 4 heteroatoms. The van der Waals surface area contributed by atoms with Crippen LogP contribution < -0.4 is 4.74 Å². The molecule has 1 fully saturated rings. The normalized spacial score (nSPS) is 17.3. The first-order chi connectivity index (χ1) is 12.9. The van der Waals surface area contributed by atoms with E-state index in [2.05, 4.69) is 0 Å². The third kappa shape index (κ3) is 9.44. The van der Waals surface area contributed by atoms with E-state index in [0.717, 1.165) is 32.5 Å². The van der Waals surface area contributed by atoms with E-state index in [9.17, 15) is 5.11 Å². The Bertz CT molecular complexity index is 457. The highest BCUT2D eigenvalue weighted by atomic mass is 16.7. The van der Waals surface area contributed by atoms with Crippen LogP contribution >= 0.6 is 0 Å². The molecule has 0 saturated carbocycles. The number of unbranched alkanes of at least 4 members (excludes halogenated alkanes) is 8. The molecule has 1 aromatic rings. The van der Waals surface area contributed by atoms with Crippen LogP contribution in [0.25, 0.3) is 0 Å². The molecule has 0 bridgehead atoms. The first kappa shape index (κ1) is 21.0. The fourth-order valence-electron chi connectivity index (χ4n) is 3.26. The number of benzene rings is 1. The quantitative estimate of drug-likeness (QED) is 0.422. The highest BCUT2D eigenvalue weighted by molar-refractivity contribution is 5.37. The van der Waals surface area contributed by atoms with Crippen molar-refractivity contribution in [3.63, 3.8) is 0 Å². The average molecular weight is 365 g/mol. The second kappa shape index (κ2) is 13.9. The van der Waals surface area contributed by atoms with E-state index in [1.807, 2.05) is 12.1 Å². The van der Waals surface area contributed by atoms with Crippen molar-refractivity contribution < 1.29 is 19.3 Å². The number of ether oxygens (including phenoxy) is 3. The van der Waals surface area contributed by atoms with E-state index in [1.165, 1.54) is 57.8 Å². The lowest BCUT2D eigenvalue weighted by Crippen LogP contribution is -2.22. The Balaban J connectivity index is 1.29. The summed E-state index contributed by atoms with van der Waals surface area (Å²) in [5.41, 5.74) is 0. The van der Waals surface area contributed by atoms with Crippen LogP contribution in [0, 0.1) is 0 Å². The van der Waals surface area contributed by atoms with Gasteiger partial charge in [-0.15, -0.1) is 0 Å². The second-order valence-corrected chi connectivity index (χ2v) is 7.17. The summed E-state index contributed by atoms with van der Waals surface area (Å²) in [5.74, 6) is 0.815. The van der Waals surface area contributed by atoms with Gasteiger partial charge in [0, 0.05) is 13.2 Å². The van der Waals surface area contributed by atoms with E-state index < -0.39 is 0 Å². The summed E-state index contributed by atoms with van der Waals surface area (Å²) in [6.45, 7) is 2.40. The Labute approximate surface area is 158 Å². The standard InChI is InChI=1S/C22H36O4/c23-20-14-8-9-15-21(20)24-17-11-6-4-2-1-3-5-7-12-18-25-22-16-10-13-19-26-22/h8-9,14-15,22-23H,1-7,10-13,16-19H2. The van der Waals surface area contributed by atoms with Crippen LogP contribution in [0.1, 0.15) is 77.0 Å². The second-order valence-electron chi connectivity index (χ2n) is 7.17. The molecule has 0 amide bonds. The fraction of sp³-hybridized carbons (Fsp3) is 0.727. The van der Waals surface area contributed by atoms with Gasteiger partial charge in [-0.05, 0) is 44.2 Å². The molecule has 0 radical (unpaired) electrons. The first-order valence-electron chi connectivity index (χ1n) is 10.5. The van der Waals surface area contributed by atoms with Gasteiger partial charge in [0.1, 0.15) is 0 Å². The molecule has 1 aromatic carbocycles. The van der Waals surface area contributed by atoms with Crippen molar-refractivity contribution in [3.8, 4) is 11.5 Å². The monoisotopic (exact) mass is 364 g/mol. The summed E-state index contributed by atoms with van der Waals surface area (Å²) in [4.78, 5) is 0. The third-order valence-corrected chi connectivity index (χ3v) is 4.85. The first-order valence-corrected chi connectivity index (χ1v) is 10.5. The van der Waals surface area contributed by atoms with Gasteiger partial charge >= 0.3 is 0 Å². The van der Waals surface area contributed by atoms with Crippen molar-refractivity contribution in [3.05, 3.63) is 24.3 Å².